The zero-order chi connectivity index (χ0) is 22.9. The fourth-order valence-corrected chi connectivity index (χ4v) is 5.38. The number of thioether (sulfide) groups is 1. The van der Waals surface area contributed by atoms with Gasteiger partial charge in [0, 0.05) is 4.75 Å². The van der Waals surface area contributed by atoms with Crippen molar-refractivity contribution in [2.45, 2.75) is 49.0 Å². The Bertz CT molecular complexity index is 922. The highest BCUT2D eigenvalue weighted by Crippen LogP contribution is 2.50. The van der Waals surface area contributed by atoms with Crippen molar-refractivity contribution in [1.82, 2.24) is 20.9 Å². The lowest BCUT2D eigenvalue weighted by Gasteiger charge is -2.44. The Labute approximate surface area is 183 Å². The molecule has 31 heavy (non-hydrogen) atoms. The summed E-state index contributed by atoms with van der Waals surface area (Å²) in [5, 5.41) is 24.3. The van der Waals surface area contributed by atoms with Gasteiger partial charge in [-0.2, -0.15) is 0 Å². The van der Waals surface area contributed by atoms with Crippen LogP contribution in [0.2, 0.25) is 0 Å². The minimum atomic E-state index is -1.08. The van der Waals surface area contributed by atoms with E-state index in [4.69, 9.17) is 5.41 Å². The Morgan fingerprint density at radius 1 is 1.26 bits per heavy atom. The average Bonchev–Trinajstić information content (AvgIpc) is 2.97. The van der Waals surface area contributed by atoms with E-state index in [0.29, 0.717) is 5.56 Å². The van der Waals surface area contributed by atoms with Crippen LogP contribution in [-0.2, 0) is 19.2 Å². The van der Waals surface area contributed by atoms with Crippen LogP contribution in [0.3, 0.4) is 0 Å². The number of β-lactam (4-membered cyclic amide) rings is 1. The highest BCUT2D eigenvalue weighted by atomic mass is 32.2. The predicted molar refractivity (Wildman–Crippen MR) is 114 cm³/mol. The van der Waals surface area contributed by atoms with Crippen LogP contribution >= 0.6 is 11.8 Å². The zero-order valence-corrected chi connectivity index (χ0v) is 18.2. The van der Waals surface area contributed by atoms with Crippen LogP contribution in [0.25, 0.3) is 0 Å². The molecule has 0 saturated carbocycles. The van der Waals surface area contributed by atoms with Crippen molar-refractivity contribution >= 4 is 41.3 Å². The highest BCUT2D eigenvalue weighted by molar-refractivity contribution is 8.01. The van der Waals surface area contributed by atoms with Crippen LogP contribution in [0.5, 0.6) is 0 Å². The van der Waals surface area contributed by atoms with Crippen molar-refractivity contribution in [3.63, 3.8) is 0 Å². The standard InChI is InChI=1S/C20H25N5O5S/c1-10(21)22-9-12(26)23-13(11-7-5-4-6-8-11)16(27)24-14-17(28)25-15(19(29)30)20(2,3)31-18(14)25/h4-8,13-15,18H,9H2,1-3H3,(H2,21,22)(H,23,26)(H,24,27)(H,29,30)/t13?,14?,15-,18+/m0/s1. The first-order valence-corrected chi connectivity index (χ1v) is 10.6. The summed E-state index contributed by atoms with van der Waals surface area (Å²) in [4.78, 5) is 50.9. The van der Waals surface area contributed by atoms with Crippen molar-refractivity contribution in [1.29, 1.82) is 5.41 Å². The Kier molecular flexibility index (Phi) is 6.25. The molecule has 166 valence electrons. The van der Waals surface area contributed by atoms with Gasteiger partial charge in [-0.15, -0.1) is 11.8 Å². The minimum Gasteiger partial charge on any atom is -0.480 e. The first-order chi connectivity index (χ1) is 14.5. The fourth-order valence-electron chi connectivity index (χ4n) is 3.75. The molecule has 3 amide bonds. The van der Waals surface area contributed by atoms with E-state index >= 15 is 0 Å². The Hall–Kier alpha value is -3.08. The second-order valence-corrected chi connectivity index (χ2v) is 9.75. The molecule has 1 aromatic rings. The van der Waals surface area contributed by atoms with Crippen LogP contribution in [0.15, 0.2) is 30.3 Å². The van der Waals surface area contributed by atoms with E-state index in [1.54, 1.807) is 44.2 Å². The summed E-state index contributed by atoms with van der Waals surface area (Å²) < 4.78 is -0.699. The number of carbonyl (C=O) groups is 4. The maximum atomic E-state index is 13.0. The van der Waals surface area contributed by atoms with Gasteiger partial charge in [0.15, 0.2) is 0 Å². The van der Waals surface area contributed by atoms with Crippen molar-refractivity contribution in [2.24, 2.45) is 0 Å². The lowest BCUT2D eigenvalue weighted by molar-refractivity contribution is -0.161. The summed E-state index contributed by atoms with van der Waals surface area (Å²) in [6.07, 6.45) is 0. The molecule has 3 rings (SSSR count). The summed E-state index contributed by atoms with van der Waals surface area (Å²) in [6.45, 7) is 4.83. The lowest BCUT2D eigenvalue weighted by Crippen LogP contribution is -2.71. The number of amides is 3. The van der Waals surface area contributed by atoms with E-state index in [-0.39, 0.29) is 12.4 Å². The Morgan fingerprint density at radius 2 is 1.90 bits per heavy atom. The molecule has 1 aromatic carbocycles. The smallest absolute Gasteiger partial charge is 0.327 e. The van der Waals surface area contributed by atoms with E-state index in [2.05, 4.69) is 16.0 Å². The number of hydrogen-bond acceptors (Lipinski definition) is 6. The second kappa shape index (κ2) is 8.58. The largest absolute Gasteiger partial charge is 0.480 e. The van der Waals surface area contributed by atoms with Crippen molar-refractivity contribution in [3.05, 3.63) is 35.9 Å². The molecule has 2 heterocycles. The number of fused-ring (bicyclic) bond motifs is 1. The summed E-state index contributed by atoms with van der Waals surface area (Å²) in [6, 6.07) is 5.71. The molecule has 2 aliphatic heterocycles. The molecule has 0 aromatic heterocycles. The van der Waals surface area contributed by atoms with E-state index in [1.807, 2.05) is 0 Å². The molecule has 4 atom stereocenters. The molecule has 2 fully saturated rings. The van der Waals surface area contributed by atoms with E-state index < -0.39 is 51.9 Å². The number of amidine groups is 1. The molecule has 2 unspecified atom stereocenters. The van der Waals surface area contributed by atoms with Gasteiger partial charge in [0.1, 0.15) is 23.5 Å². The first kappa shape index (κ1) is 22.6. The molecule has 0 bridgehead atoms. The van der Waals surface area contributed by atoms with Crippen LogP contribution in [0.1, 0.15) is 32.4 Å². The summed E-state index contributed by atoms with van der Waals surface area (Å²) in [5.74, 6) is -2.48. The third kappa shape index (κ3) is 4.50. The molecule has 10 nitrogen and oxygen atoms in total. The first-order valence-electron chi connectivity index (χ1n) is 9.69. The molecule has 2 aliphatic rings. The van der Waals surface area contributed by atoms with E-state index in [1.165, 1.54) is 23.6 Å². The van der Waals surface area contributed by atoms with Gasteiger partial charge in [-0.1, -0.05) is 30.3 Å². The van der Waals surface area contributed by atoms with Gasteiger partial charge in [0.25, 0.3) is 0 Å². The van der Waals surface area contributed by atoms with Gasteiger partial charge >= 0.3 is 5.97 Å². The molecule has 0 aliphatic carbocycles. The van der Waals surface area contributed by atoms with E-state index in [0.717, 1.165) is 0 Å². The van der Waals surface area contributed by atoms with Gasteiger partial charge in [-0.05, 0) is 26.3 Å². The topological polar surface area (TPSA) is 152 Å². The number of hydrogen-bond donors (Lipinski definition) is 5. The lowest BCUT2D eigenvalue weighted by atomic mass is 9.95. The number of carboxylic acids is 1. The summed E-state index contributed by atoms with van der Waals surface area (Å²) >= 11 is 1.33. The number of carboxylic acid groups (broad SMARTS) is 1. The molecule has 11 heteroatoms. The Balaban J connectivity index is 1.74. The highest BCUT2D eigenvalue weighted by Gasteiger charge is 2.64. The quantitative estimate of drug-likeness (QED) is 0.225. The third-order valence-electron chi connectivity index (χ3n) is 5.19. The SMILES string of the molecule is CC(=N)NCC(=O)NC(C(=O)NC1C(=O)N2[C@@H]1SC(C)(C)[C@@H]2C(=O)O)c1ccccc1. The number of benzene rings is 1. The second-order valence-electron chi connectivity index (χ2n) is 7.97. The van der Waals surface area contributed by atoms with Gasteiger partial charge in [-0.25, -0.2) is 4.79 Å². The van der Waals surface area contributed by atoms with Gasteiger partial charge in [-0.3, -0.25) is 19.8 Å². The fraction of sp³-hybridized carbons (Fsp3) is 0.450. The summed E-state index contributed by atoms with van der Waals surface area (Å²) in [7, 11) is 0. The Morgan fingerprint density at radius 3 is 2.48 bits per heavy atom. The van der Waals surface area contributed by atoms with Crippen LogP contribution in [0.4, 0.5) is 0 Å². The molecular weight excluding hydrogens is 422 g/mol. The van der Waals surface area contributed by atoms with E-state index in [9.17, 15) is 24.3 Å². The van der Waals surface area contributed by atoms with Crippen LogP contribution in [0, 0.1) is 5.41 Å². The predicted octanol–water partition coefficient (Wildman–Crippen LogP) is 0.0624. The number of nitrogens with zero attached hydrogens (tertiary/aromatic N) is 1. The van der Waals surface area contributed by atoms with Crippen LogP contribution < -0.4 is 16.0 Å². The van der Waals surface area contributed by atoms with Gasteiger partial charge in [0.2, 0.25) is 17.7 Å². The van der Waals surface area contributed by atoms with Crippen molar-refractivity contribution < 1.29 is 24.3 Å². The zero-order valence-electron chi connectivity index (χ0n) is 17.3. The normalized spacial score (nSPS) is 24.4. The van der Waals surface area contributed by atoms with Crippen molar-refractivity contribution in [3.8, 4) is 0 Å². The monoisotopic (exact) mass is 447 g/mol. The number of carbonyl (C=O) groups excluding carboxylic acids is 3. The maximum absolute atomic E-state index is 13.0. The minimum absolute atomic E-state index is 0.116. The van der Waals surface area contributed by atoms with Crippen LogP contribution in [-0.4, -0.2) is 68.3 Å². The number of nitrogens with one attached hydrogen (secondary N) is 4. The third-order valence-corrected chi connectivity index (χ3v) is 6.76. The molecule has 0 radical (unpaired) electrons. The molecular formula is C20H25N5O5S. The number of aliphatic carboxylic acids is 1. The summed E-state index contributed by atoms with van der Waals surface area (Å²) in [5.41, 5.74) is 0.534. The van der Waals surface area contributed by atoms with Gasteiger partial charge in [0.05, 0.1) is 12.4 Å². The molecule has 0 spiro atoms. The molecule has 5 N–H and O–H groups in total. The maximum Gasteiger partial charge on any atom is 0.327 e. The van der Waals surface area contributed by atoms with Gasteiger partial charge < -0.3 is 26.0 Å². The average molecular weight is 448 g/mol. The molecule has 2 saturated heterocycles. The number of rotatable bonds is 7. The van der Waals surface area contributed by atoms with Crippen molar-refractivity contribution in [2.75, 3.05) is 6.54 Å².